The quantitative estimate of drug-likeness (QED) is 0.126. The van der Waals surface area contributed by atoms with Crippen molar-refractivity contribution in [3.63, 3.8) is 0 Å². The van der Waals surface area contributed by atoms with Crippen LogP contribution >= 0.6 is 0 Å². The first-order valence-corrected chi connectivity index (χ1v) is 13.7. The zero-order valence-corrected chi connectivity index (χ0v) is 24.7. The number of benzene rings is 2. The summed E-state index contributed by atoms with van der Waals surface area (Å²) in [6.07, 6.45) is -0.826. The van der Waals surface area contributed by atoms with Crippen LogP contribution in [0.4, 0.5) is 41.9 Å². The highest BCUT2D eigenvalue weighted by Gasteiger charge is 2.15. The van der Waals surface area contributed by atoms with Crippen molar-refractivity contribution in [1.82, 2.24) is 0 Å². The first-order chi connectivity index (χ1) is 21.6. The summed E-state index contributed by atoms with van der Waals surface area (Å²) in [6, 6.07) is 16.5. The third-order valence-electron chi connectivity index (χ3n) is 6.05. The van der Waals surface area contributed by atoms with Gasteiger partial charge in [-0.2, -0.15) is 0 Å². The van der Waals surface area contributed by atoms with Crippen LogP contribution in [-0.4, -0.2) is 37.1 Å². The molecule has 0 aliphatic carbocycles. The molecule has 45 heavy (non-hydrogen) atoms. The van der Waals surface area contributed by atoms with Crippen LogP contribution in [0.2, 0.25) is 0 Å². The van der Waals surface area contributed by atoms with Gasteiger partial charge in [-0.1, -0.05) is 12.1 Å². The van der Waals surface area contributed by atoms with Crippen LogP contribution in [0.5, 0.6) is 0 Å². The van der Waals surface area contributed by atoms with E-state index in [1.54, 1.807) is 81.4 Å². The summed E-state index contributed by atoms with van der Waals surface area (Å²) in [4.78, 5) is 49.1. The highest BCUT2D eigenvalue weighted by molar-refractivity contribution is 5.91. The van der Waals surface area contributed by atoms with E-state index in [1.165, 1.54) is 12.5 Å². The predicted octanol–water partition coefficient (Wildman–Crippen LogP) is 7.17. The zero-order chi connectivity index (χ0) is 32.2. The number of ether oxygens (including phenoxy) is 4. The average Bonchev–Trinajstić information content (AvgIpc) is 3.72. The molecular formula is C31H32N4O10. The molecular weight excluding hydrogens is 588 g/mol. The van der Waals surface area contributed by atoms with Crippen LogP contribution in [0.15, 0.2) is 82.0 Å². The standard InChI is InChI=1S/C31H32N4O10/c1-19-8-10-22(14-26(19)34-29(37)43-17-24-6-4-12-40-24)32-28(36)42-16-21(3)45-31(39)33-23-11-9-20(2)27(15-23)35-30(38)44-18-25-7-5-13-41-25/h4-15,21H,16-18H2,1-3H3,(H,32,36)(H,33,39)(H,34,37)(H,35,38). The minimum absolute atomic E-state index is 0.0339. The molecule has 0 radical (unpaired) electrons. The Balaban J connectivity index is 1.19. The minimum atomic E-state index is -0.797. The molecule has 0 aliphatic heterocycles. The number of furan rings is 2. The van der Waals surface area contributed by atoms with E-state index >= 15 is 0 Å². The molecule has 2 aromatic heterocycles. The summed E-state index contributed by atoms with van der Waals surface area (Å²) in [5.74, 6) is 0.989. The summed E-state index contributed by atoms with van der Waals surface area (Å²) >= 11 is 0. The predicted molar refractivity (Wildman–Crippen MR) is 162 cm³/mol. The zero-order valence-electron chi connectivity index (χ0n) is 24.7. The molecule has 4 N–H and O–H groups in total. The Morgan fingerprint density at radius 2 is 1.11 bits per heavy atom. The van der Waals surface area contributed by atoms with Crippen molar-refractivity contribution in [1.29, 1.82) is 0 Å². The lowest BCUT2D eigenvalue weighted by molar-refractivity contribution is 0.0651. The fourth-order valence-corrected chi connectivity index (χ4v) is 3.73. The summed E-state index contributed by atoms with van der Waals surface area (Å²) in [5, 5.41) is 10.4. The van der Waals surface area contributed by atoms with Crippen molar-refractivity contribution in [3.8, 4) is 0 Å². The van der Waals surface area contributed by atoms with E-state index in [1.807, 2.05) is 0 Å². The molecule has 2 heterocycles. The van der Waals surface area contributed by atoms with Crippen LogP contribution in [-0.2, 0) is 32.2 Å². The highest BCUT2D eigenvalue weighted by Crippen LogP contribution is 2.22. The Hall–Kier alpha value is -5.92. The van der Waals surface area contributed by atoms with Crippen LogP contribution in [0.3, 0.4) is 0 Å². The van der Waals surface area contributed by atoms with Gasteiger partial charge in [-0.05, 0) is 80.4 Å². The van der Waals surface area contributed by atoms with Crippen molar-refractivity contribution in [3.05, 3.63) is 95.8 Å². The van der Waals surface area contributed by atoms with Crippen molar-refractivity contribution < 1.29 is 47.0 Å². The SMILES string of the molecule is Cc1ccc(NC(=O)OCC(C)OC(=O)Nc2ccc(C)c(NC(=O)OCc3ccco3)c2)cc1NC(=O)OCc1ccco1. The molecule has 0 fully saturated rings. The van der Waals surface area contributed by atoms with E-state index in [0.717, 1.165) is 11.1 Å². The molecule has 1 atom stereocenters. The van der Waals surface area contributed by atoms with Gasteiger partial charge in [-0.15, -0.1) is 0 Å². The number of carbonyl (C=O) groups is 4. The molecule has 0 saturated carbocycles. The van der Waals surface area contributed by atoms with E-state index in [-0.39, 0.29) is 19.8 Å². The molecule has 0 saturated heterocycles. The molecule has 236 valence electrons. The maximum atomic E-state index is 12.4. The number of amides is 4. The normalized spacial score (nSPS) is 11.1. The van der Waals surface area contributed by atoms with E-state index < -0.39 is 30.5 Å². The summed E-state index contributed by atoms with van der Waals surface area (Å²) in [6.45, 7) is 4.80. The van der Waals surface area contributed by atoms with Gasteiger partial charge in [0.05, 0.1) is 12.5 Å². The second kappa shape index (κ2) is 15.5. The topological polar surface area (TPSA) is 180 Å². The second-order valence-corrected chi connectivity index (χ2v) is 9.68. The minimum Gasteiger partial charge on any atom is -0.466 e. The highest BCUT2D eigenvalue weighted by atomic mass is 16.6. The molecule has 14 nitrogen and oxygen atoms in total. The molecule has 0 aliphatic rings. The maximum Gasteiger partial charge on any atom is 0.412 e. The van der Waals surface area contributed by atoms with Crippen LogP contribution in [0.25, 0.3) is 0 Å². The second-order valence-electron chi connectivity index (χ2n) is 9.68. The van der Waals surface area contributed by atoms with E-state index in [9.17, 15) is 19.2 Å². The molecule has 4 amide bonds. The van der Waals surface area contributed by atoms with Gasteiger partial charge in [0.15, 0.2) is 13.2 Å². The lowest BCUT2D eigenvalue weighted by Crippen LogP contribution is -2.26. The average molecular weight is 621 g/mol. The van der Waals surface area contributed by atoms with Gasteiger partial charge in [0.2, 0.25) is 0 Å². The number of nitrogens with one attached hydrogen (secondary N) is 4. The van der Waals surface area contributed by atoms with E-state index in [4.69, 9.17) is 27.8 Å². The number of hydrogen-bond acceptors (Lipinski definition) is 10. The molecule has 2 aromatic carbocycles. The van der Waals surface area contributed by atoms with Crippen LogP contribution < -0.4 is 21.3 Å². The summed E-state index contributed by atoms with van der Waals surface area (Å²) in [7, 11) is 0. The van der Waals surface area contributed by atoms with Crippen molar-refractivity contribution in [2.45, 2.75) is 40.1 Å². The van der Waals surface area contributed by atoms with Crippen molar-refractivity contribution in [2.75, 3.05) is 27.9 Å². The molecule has 0 spiro atoms. The molecule has 14 heteroatoms. The lowest BCUT2D eigenvalue weighted by atomic mass is 10.2. The Morgan fingerprint density at radius 3 is 1.58 bits per heavy atom. The van der Waals surface area contributed by atoms with Crippen molar-refractivity contribution >= 4 is 47.1 Å². The monoisotopic (exact) mass is 620 g/mol. The number of rotatable bonds is 11. The third-order valence-corrected chi connectivity index (χ3v) is 6.05. The van der Waals surface area contributed by atoms with Gasteiger partial charge < -0.3 is 27.8 Å². The summed E-state index contributed by atoms with van der Waals surface area (Å²) < 4.78 is 30.9. The maximum absolute atomic E-state index is 12.4. The van der Waals surface area contributed by atoms with E-state index in [0.29, 0.717) is 34.3 Å². The number of anilines is 4. The van der Waals surface area contributed by atoms with Gasteiger partial charge in [0, 0.05) is 22.7 Å². The number of carbonyl (C=O) groups excluding carboxylic acids is 4. The van der Waals surface area contributed by atoms with Crippen LogP contribution in [0, 0.1) is 13.8 Å². The number of hydrogen-bond donors (Lipinski definition) is 4. The van der Waals surface area contributed by atoms with E-state index in [2.05, 4.69) is 21.3 Å². The summed E-state index contributed by atoms with van der Waals surface area (Å²) in [5.41, 5.74) is 3.02. The van der Waals surface area contributed by atoms with Gasteiger partial charge in [0.25, 0.3) is 0 Å². The van der Waals surface area contributed by atoms with Crippen molar-refractivity contribution in [2.24, 2.45) is 0 Å². The fourth-order valence-electron chi connectivity index (χ4n) is 3.73. The third kappa shape index (κ3) is 10.4. The van der Waals surface area contributed by atoms with Gasteiger partial charge >= 0.3 is 24.4 Å². The lowest BCUT2D eigenvalue weighted by Gasteiger charge is -2.16. The Bertz CT molecular complexity index is 1600. The fraction of sp³-hybridized carbons (Fsp3) is 0.226. The Kier molecular flexibility index (Phi) is 11.0. The molecule has 4 aromatic rings. The first kappa shape index (κ1) is 32.0. The molecule has 4 rings (SSSR count). The van der Waals surface area contributed by atoms with Gasteiger partial charge in [0.1, 0.15) is 24.2 Å². The molecule has 0 bridgehead atoms. The Labute approximate surface area is 258 Å². The van der Waals surface area contributed by atoms with Gasteiger partial charge in [-0.25, -0.2) is 19.2 Å². The van der Waals surface area contributed by atoms with Crippen LogP contribution in [0.1, 0.15) is 29.6 Å². The smallest absolute Gasteiger partial charge is 0.412 e. The Morgan fingerprint density at radius 1 is 0.644 bits per heavy atom. The largest absolute Gasteiger partial charge is 0.466 e. The molecule has 1 unspecified atom stereocenters. The van der Waals surface area contributed by atoms with Gasteiger partial charge in [-0.3, -0.25) is 21.3 Å². The number of aryl methyl sites for hydroxylation is 2. The first-order valence-electron chi connectivity index (χ1n) is 13.7.